The first-order chi connectivity index (χ1) is 13.5. The van der Waals surface area contributed by atoms with Crippen LogP contribution in [0.25, 0.3) is 0 Å². The van der Waals surface area contributed by atoms with E-state index in [1.807, 2.05) is 18.6 Å². The van der Waals surface area contributed by atoms with E-state index in [1.165, 1.54) is 11.1 Å². The molecule has 0 N–H and O–H groups in total. The molecule has 0 bridgehead atoms. The van der Waals surface area contributed by atoms with Gasteiger partial charge in [-0.2, -0.15) is 10.2 Å². The standard InChI is InChI=1S/C24H32N4O/c1-22(2,3)19-10-17(14-25-16-19)12-23(4,5)20-11-18(15-27-28-20)13-24(6,7)21-26-8-9-29-21/h8-11,14-16H,12-13H2,1-7H3. The topological polar surface area (TPSA) is 64.7 Å². The Morgan fingerprint density at radius 1 is 0.828 bits per heavy atom. The van der Waals surface area contributed by atoms with Crippen LogP contribution in [0.4, 0.5) is 0 Å². The van der Waals surface area contributed by atoms with Crippen molar-refractivity contribution >= 4 is 0 Å². The average Bonchev–Trinajstić information content (AvgIpc) is 3.16. The summed E-state index contributed by atoms with van der Waals surface area (Å²) in [6, 6.07) is 4.43. The van der Waals surface area contributed by atoms with Crippen molar-refractivity contribution in [3.8, 4) is 0 Å². The molecule has 3 heterocycles. The summed E-state index contributed by atoms with van der Waals surface area (Å²) in [7, 11) is 0. The first kappa shape index (κ1) is 21.2. The van der Waals surface area contributed by atoms with Crippen LogP contribution in [-0.4, -0.2) is 20.2 Å². The zero-order valence-corrected chi connectivity index (χ0v) is 18.7. The highest BCUT2D eigenvalue weighted by atomic mass is 16.3. The van der Waals surface area contributed by atoms with Crippen molar-refractivity contribution in [1.82, 2.24) is 20.2 Å². The molecule has 5 nitrogen and oxygen atoms in total. The monoisotopic (exact) mass is 392 g/mol. The summed E-state index contributed by atoms with van der Waals surface area (Å²) in [6.07, 6.45) is 10.7. The zero-order valence-electron chi connectivity index (χ0n) is 18.7. The summed E-state index contributed by atoms with van der Waals surface area (Å²) in [5.41, 5.74) is 4.30. The molecule has 0 aliphatic rings. The summed E-state index contributed by atoms with van der Waals surface area (Å²) in [5, 5.41) is 8.76. The number of oxazole rings is 1. The second-order valence-corrected chi connectivity index (χ2v) is 10.2. The SMILES string of the molecule is CC(C)(C)c1cncc(CC(C)(C)c2cc(CC(C)(C)c3ncco3)cnn2)c1. The van der Waals surface area contributed by atoms with Crippen molar-refractivity contribution in [1.29, 1.82) is 0 Å². The number of nitrogens with zero attached hydrogens (tertiary/aromatic N) is 4. The summed E-state index contributed by atoms with van der Waals surface area (Å²) >= 11 is 0. The molecule has 0 fully saturated rings. The van der Waals surface area contributed by atoms with Gasteiger partial charge in [0.05, 0.1) is 18.1 Å². The van der Waals surface area contributed by atoms with Gasteiger partial charge >= 0.3 is 0 Å². The lowest BCUT2D eigenvalue weighted by Gasteiger charge is -2.26. The third kappa shape index (κ3) is 5.08. The molecule has 3 rings (SSSR count). The Hall–Kier alpha value is -2.56. The van der Waals surface area contributed by atoms with Gasteiger partial charge in [0, 0.05) is 23.2 Å². The molecule has 0 spiro atoms. The van der Waals surface area contributed by atoms with Crippen LogP contribution in [-0.2, 0) is 29.1 Å². The van der Waals surface area contributed by atoms with E-state index >= 15 is 0 Å². The minimum Gasteiger partial charge on any atom is -0.448 e. The van der Waals surface area contributed by atoms with Crippen molar-refractivity contribution in [2.45, 2.75) is 77.6 Å². The number of hydrogen-bond donors (Lipinski definition) is 0. The Morgan fingerprint density at radius 3 is 2.17 bits per heavy atom. The fraction of sp³-hybridized carbons (Fsp3) is 0.500. The van der Waals surface area contributed by atoms with Gasteiger partial charge in [-0.25, -0.2) is 4.98 Å². The molecule has 0 aromatic carbocycles. The van der Waals surface area contributed by atoms with E-state index < -0.39 is 0 Å². The smallest absolute Gasteiger partial charge is 0.199 e. The van der Waals surface area contributed by atoms with Gasteiger partial charge < -0.3 is 4.42 Å². The molecule has 0 saturated heterocycles. The van der Waals surface area contributed by atoms with Crippen LogP contribution >= 0.6 is 0 Å². The Labute approximate surface area is 174 Å². The second kappa shape index (κ2) is 7.69. The van der Waals surface area contributed by atoms with E-state index in [2.05, 4.69) is 80.8 Å². The van der Waals surface area contributed by atoms with Gasteiger partial charge in [-0.05, 0) is 41.0 Å². The molecular formula is C24H32N4O. The fourth-order valence-corrected chi connectivity index (χ4v) is 3.57. The first-order valence-corrected chi connectivity index (χ1v) is 10.1. The summed E-state index contributed by atoms with van der Waals surface area (Å²) in [5.74, 6) is 0.736. The largest absolute Gasteiger partial charge is 0.448 e. The van der Waals surface area contributed by atoms with Crippen molar-refractivity contribution in [2.75, 3.05) is 0 Å². The van der Waals surface area contributed by atoms with Gasteiger partial charge in [0.15, 0.2) is 5.89 Å². The molecule has 0 amide bonds. The molecular weight excluding hydrogens is 360 g/mol. The maximum Gasteiger partial charge on any atom is 0.199 e. The van der Waals surface area contributed by atoms with Crippen molar-refractivity contribution in [2.24, 2.45) is 0 Å². The highest BCUT2D eigenvalue weighted by Gasteiger charge is 2.28. The number of pyridine rings is 1. The predicted octanol–water partition coefficient (Wildman–Crippen LogP) is 5.20. The third-order valence-corrected chi connectivity index (χ3v) is 5.37. The third-order valence-electron chi connectivity index (χ3n) is 5.37. The molecule has 0 aliphatic carbocycles. The maximum atomic E-state index is 5.53. The quantitative estimate of drug-likeness (QED) is 0.577. The number of aromatic nitrogens is 4. The Kier molecular flexibility index (Phi) is 5.61. The molecule has 154 valence electrons. The van der Waals surface area contributed by atoms with Crippen LogP contribution in [0, 0.1) is 0 Å². The van der Waals surface area contributed by atoms with E-state index in [0.29, 0.717) is 0 Å². The Morgan fingerprint density at radius 2 is 1.52 bits per heavy atom. The maximum absolute atomic E-state index is 5.53. The van der Waals surface area contributed by atoms with E-state index in [9.17, 15) is 0 Å². The molecule has 0 atom stereocenters. The molecule has 0 radical (unpaired) electrons. The van der Waals surface area contributed by atoms with Crippen molar-refractivity contribution in [3.05, 3.63) is 71.5 Å². The van der Waals surface area contributed by atoms with E-state index in [4.69, 9.17) is 4.42 Å². The van der Waals surface area contributed by atoms with Crippen LogP contribution in [0.2, 0.25) is 0 Å². The van der Waals surface area contributed by atoms with Gasteiger partial charge in [0.1, 0.15) is 6.26 Å². The van der Waals surface area contributed by atoms with Crippen LogP contribution in [0.5, 0.6) is 0 Å². The number of rotatable bonds is 6. The van der Waals surface area contributed by atoms with Gasteiger partial charge in [-0.15, -0.1) is 0 Å². The van der Waals surface area contributed by atoms with Gasteiger partial charge in [-0.3, -0.25) is 4.98 Å². The molecule has 5 heteroatoms. The van der Waals surface area contributed by atoms with Gasteiger partial charge in [0.25, 0.3) is 0 Å². The summed E-state index contributed by atoms with van der Waals surface area (Å²) in [4.78, 5) is 8.80. The summed E-state index contributed by atoms with van der Waals surface area (Å²) in [6.45, 7) is 15.3. The summed E-state index contributed by atoms with van der Waals surface area (Å²) < 4.78 is 5.53. The second-order valence-electron chi connectivity index (χ2n) is 10.2. The normalized spacial score (nSPS) is 12.9. The molecule has 0 unspecified atom stereocenters. The first-order valence-electron chi connectivity index (χ1n) is 10.1. The van der Waals surface area contributed by atoms with E-state index in [-0.39, 0.29) is 16.2 Å². The lowest BCUT2D eigenvalue weighted by molar-refractivity contribution is 0.365. The Balaban J connectivity index is 1.82. The molecule has 3 aromatic rings. The average molecular weight is 393 g/mol. The minimum atomic E-state index is -0.209. The Bertz CT molecular complexity index is 953. The number of hydrogen-bond acceptors (Lipinski definition) is 5. The van der Waals surface area contributed by atoms with Crippen LogP contribution in [0.15, 0.2) is 47.6 Å². The minimum absolute atomic E-state index is 0.0817. The van der Waals surface area contributed by atoms with Crippen molar-refractivity contribution < 1.29 is 4.42 Å². The van der Waals surface area contributed by atoms with E-state index in [0.717, 1.165) is 30.0 Å². The van der Waals surface area contributed by atoms with Crippen molar-refractivity contribution in [3.63, 3.8) is 0 Å². The predicted molar refractivity (Wildman–Crippen MR) is 115 cm³/mol. The van der Waals surface area contributed by atoms with Gasteiger partial charge in [-0.1, -0.05) is 54.5 Å². The molecule has 3 aromatic heterocycles. The van der Waals surface area contributed by atoms with Crippen LogP contribution in [0.1, 0.15) is 76.7 Å². The lowest BCUT2D eigenvalue weighted by Crippen LogP contribution is -2.25. The zero-order chi connectivity index (χ0) is 21.3. The molecule has 29 heavy (non-hydrogen) atoms. The molecule has 0 saturated carbocycles. The highest BCUT2D eigenvalue weighted by Crippen LogP contribution is 2.31. The molecule has 0 aliphatic heterocycles. The van der Waals surface area contributed by atoms with Gasteiger partial charge in [0.2, 0.25) is 0 Å². The fourth-order valence-electron chi connectivity index (χ4n) is 3.57. The van der Waals surface area contributed by atoms with E-state index in [1.54, 1.807) is 12.5 Å². The lowest BCUT2D eigenvalue weighted by atomic mass is 9.80. The van der Waals surface area contributed by atoms with Crippen LogP contribution in [0.3, 0.4) is 0 Å². The van der Waals surface area contributed by atoms with Crippen LogP contribution < -0.4 is 0 Å². The highest BCUT2D eigenvalue weighted by molar-refractivity contribution is 5.29.